The summed E-state index contributed by atoms with van der Waals surface area (Å²) in [6, 6.07) is 14.8. The number of fused-ring (bicyclic) bond motifs is 1. The minimum absolute atomic E-state index is 0.0700. The summed E-state index contributed by atoms with van der Waals surface area (Å²) in [7, 11) is -3.75. The van der Waals surface area contributed by atoms with E-state index in [2.05, 4.69) is 12.1 Å². The zero-order valence-electron chi connectivity index (χ0n) is 20.2. The standard InChI is InChI=1S/C26H31N3O6S/c30-25(27-10-8-21(9-11-27)16-20-4-2-1-3-5-20)18-29-23-17-22(6-7-24(23)35-19-26(29)31)36(32,33)28-12-14-34-15-13-28/h1-7,17,21H,8-16,18-19H2. The lowest BCUT2D eigenvalue weighted by atomic mass is 9.90. The number of carbonyl (C=O) groups excluding carboxylic acids is 2. The van der Waals surface area contributed by atoms with E-state index in [1.807, 2.05) is 18.2 Å². The summed E-state index contributed by atoms with van der Waals surface area (Å²) in [5, 5.41) is 0. The van der Waals surface area contributed by atoms with Crippen LogP contribution in [0.25, 0.3) is 0 Å². The number of rotatable bonds is 6. The van der Waals surface area contributed by atoms with Crippen molar-refractivity contribution in [3.05, 3.63) is 54.1 Å². The average molecular weight is 514 g/mol. The van der Waals surface area contributed by atoms with Crippen LogP contribution in [0.2, 0.25) is 0 Å². The van der Waals surface area contributed by atoms with E-state index in [1.54, 1.807) is 11.0 Å². The summed E-state index contributed by atoms with van der Waals surface area (Å²) in [6.45, 7) is 2.20. The van der Waals surface area contributed by atoms with Crippen LogP contribution in [0.3, 0.4) is 0 Å². The number of likely N-dealkylation sites (tertiary alicyclic amines) is 1. The molecule has 0 spiro atoms. The smallest absolute Gasteiger partial charge is 0.265 e. The maximum absolute atomic E-state index is 13.2. The predicted molar refractivity (Wildman–Crippen MR) is 133 cm³/mol. The second kappa shape index (κ2) is 10.6. The third-order valence-electron chi connectivity index (χ3n) is 7.11. The second-order valence-corrected chi connectivity index (χ2v) is 11.4. The van der Waals surface area contributed by atoms with Gasteiger partial charge in [0, 0.05) is 26.2 Å². The van der Waals surface area contributed by atoms with Gasteiger partial charge in [0.25, 0.3) is 5.91 Å². The van der Waals surface area contributed by atoms with E-state index in [-0.39, 0.29) is 43.0 Å². The van der Waals surface area contributed by atoms with Crippen molar-refractivity contribution in [1.29, 1.82) is 0 Å². The Labute approximate surface area is 211 Å². The lowest BCUT2D eigenvalue weighted by Crippen LogP contribution is -2.48. The van der Waals surface area contributed by atoms with Crippen molar-refractivity contribution in [3.8, 4) is 5.75 Å². The minimum Gasteiger partial charge on any atom is -0.482 e. The van der Waals surface area contributed by atoms with Gasteiger partial charge in [-0.3, -0.25) is 14.5 Å². The van der Waals surface area contributed by atoms with Crippen molar-refractivity contribution < 1.29 is 27.5 Å². The molecule has 3 heterocycles. The van der Waals surface area contributed by atoms with Crippen LogP contribution in [0.1, 0.15) is 18.4 Å². The van der Waals surface area contributed by atoms with Gasteiger partial charge in [-0.15, -0.1) is 0 Å². The van der Waals surface area contributed by atoms with E-state index < -0.39 is 10.0 Å². The Hall–Kier alpha value is -2.95. The molecule has 2 aromatic rings. The first-order chi connectivity index (χ1) is 17.4. The zero-order chi connectivity index (χ0) is 25.1. The number of ether oxygens (including phenoxy) is 2. The number of amides is 2. The Bertz CT molecular complexity index is 1210. The summed E-state index contributed by atoms with van der Waals surface area (Å²) in [4.78, 5) is 29.1. The Morgan fingerprint density at radius 2 is 1.69 bits per heavy atom. The minimum atomic E-state index is -3.75. The molecule has 0 bridgehead atoms. The van der Waals surface area contributed by atoms with Crippen molar-refractivity contribution in [2.75, 3.05) is 57.4 Å². The van der Waals surface area contributed by atoms with Gasteiger partial charge < -0.3 is 14.4 Å². The van der Waals surface area contributed by atoms with E-state index in [9.17, 15) is 18.0 Å². The Balaban J connectivity index is 1.27. The van der Waals surface area contributed by atoms with Crippen LogP contribution in [0.4, 0.5) is 5.69 Å². The van der Waals surface area contributed by atoms with Gasteiger partial charge in [0.15, 0.2) is 6.61 Å². The van der Waals surface area contributed by atoms with Crippen molar-refractivity contribution in [3.63, 3.8) is 0 Å². The molecule has 0 unspecified atom stereocenters. The molecule has 2 aromatic carbocycles. The van der Waals surface area contributed by atoms with Gasteiger partial charge in [0.1, 0.15) is 12.3 Å². The molecule has 0 atom stereocenters. The number of morpholine rings is 1. The molecule has 0 aromatic heterocycles. The number of nitrogens with zero attached hydrogens (tertiary/aromatic N) is 3. The molecule has 10 heteroatoms. The van der Waals surface area contributed by atoms with Crippen LogP contribution in [-0.4, -0.2) is 82.0 Å². The molecule has 2 saturated heterocycles. The average Bonchev–Trinajstić information content (AvgIpc) is 2.91. The Kier molecular flexibility index (Phi) is 7.27. The van der Waals surface area contributed by atoms with Gasteiger partial charge in [-0.25, -0.2) is 8.42 Å². The van der Waals surface area contributed by atoms with Crippen LogP contribution in [0, 0.1) is 5.92 Å². The zero-order valence-corrected chi connectivity index (χ0v) is 21.0. The van der Waals surface area contributed by atoms with E-state index in [0.29, 0.717) is 43.7 Å². The molecule has 9 nitrogen and oxygen atoms in total. The molecule has 0 radical (unpaired) electrons. The van der Waals surface area contributed by atoms with Crippen LogP contribution >= 0.6 is 0 Å². The number of hydrogen-bond donors (Lipinski definition) is 0. The fraction of sp³-hybridized carbons (Fsp3) is 0.462. The normalized spacial score (nSPS) is 19.6. The summed E-state index contributed by atoms with van der Waals surface area (Å²) in [5.74, 6) is 0.409. The van der Waals surface area contributed by atoms with Crippen molar-refractivity contribution in [2.45, 2.75) is 24.2 Å². The largest absolute Gasteiger partial charge is 0.482 e. The first-order valence-corrected chi connectivity index (χ1v) is 13.8. The number of piperidine rings is 1. The predicted octanol–water partition coefficient (Wildman–Crippen LogP) is 1.91. The third-order valence-corrected chi connectivity index (χ3v) is 9.00. The van der Waals surface area contributed by atoms with Gasteiger partial charge in [0.2, 0.25) is 15.9 Å². The SMILES string of the molecule is O=C(CN1C(=O)COc2ccc(S(=O)(=O)N3CCOCC3)cc21)N1CCC(Cc2ccccc2)CC1. The van der Waals surface area contributed by atoms with Gasteiger partial charge in [-0.2, -0.15) is 4.31 Å². The van der Waals surface area contributed by atoms with Gasteiger partial charge in [0.05, 0.1) is 23.8 Å². The molecule has 192 valence electrons. The molecule has 0 saturated carbocycles. The number of anilines is 1. The summed E-state index contributed by atoms with van der Waals surface area (Å²) in [5.41, 5.74) is 1.62. The number of carbonyl (C=O) groups is 2. The molecular formula is C26H31N3O6S. The van der Waals surface area contributed by atoms with E-state index in [4.69, 9.17) is 9.47 Å². The second-order valence-electron chi connectivity index (χ2n) is 9.43. The van der Waals surface area contributed by atoms with E-state index >= 15 is 0 Å². The summed E-state index contributed by atoms with van der Waals surface area (Å²) < 4.78 is 38.5. The maximum Gasteiger partial charge on any atom is 0.265 e. The van der Waals surface area contributed by atoms with Gasteiger partial charge in [-0.1, -0.05) is 30.3 Å². The van der Waals surface area contributed by atoms with Gasteiger partial charge >= 0.3 is 0 Å². The topological polar surface area (TPSA) is 96.5 Å². The maximum atomic E-state index is 13.2. The van der Waals surface area contributed by atoms with E-state index in [0.717, 1.165) is 19.3 Å². The molecule has 2 fully saturated rings. The lowest BCUT2D eigenvalue weighted by molar-refractivity contribution is -0.133. The number of benzene rings is 2. The van der Waals surface area contributed by atoms with Gasteiger partial charge in [-0.05, 0) is 48.9 Å². The van der Waals surface area contributed by atoms with Crippen LogP contribution < -0.4 is 9.64 Å². The summed E-state index contributed by atoms with van der Waals surface area (Å²) in [6.07, 6.45) is 2.82. The van der Waals surface area contributed by atoms with E-state index in [1.165, 1.54) is 26.9 Å². The van der Waals surface area contributed by atoms with Crippen LogP contribution in [-0.2, 0) is 30.8 Å². The highest BCUT2D eigenvalue weighted by Gasteiger charge is 2.33. The number of sulfonamides is 1. The fourth-order valence-electron chi connectivity index (χ4n) is 5.02. The highest BCUT2D eigenvalue weighted by molar-refractivity contribution is 7.89. The molecule has 0 aliphatic carbocycles. The van der Waals surface area contributed by atoms with Crippen LogP contribution in [0.5, 0.6) is 5.75 Å². The molecule has 0 N–H and O–H groups in total. The highest BCUT2D eigenvalue weighted by Crippen LogP contribution is 2.35. The Morgan fingerprint density at radius 1 is 0.972 bits per heavy atom. The Morgan fingerprint density at radius 3 is 2.42 bits per heavy atom. The molecule has 5 rings (SSSR count). The van der Waals surface area contributed by atoms with Crippen LogP contribution in [0.15, 0.2) is 53.4 Å². The molecule has 2 amide bonds. The summed E-state index contributed by atoms with van der Waals surface area (Å²) >= 11 is 0. The van der Waals surface area contributed by atoms with Crippen molar-refractivity contribution in [1.82, 2.24) is 9.21 Å². The molecule has 36 heavy (non-hydrogen) atoms. The first kappa shape index (κ1) is 24.7. The van der Waals surface area contributed by atoms with Crippen molar-refractivity contribution in [2.24, 2.45) is 5.92 Å². The monoisotopic (exact) mass is 513 g/mol. The number of hydrogen-bond acceptors (Lipinski definition) is 6. The third kappa shape index (κ3) is 5.25. The molecule has 3 aliphatic rings. The molecule has 3 aliphatic heterocycles. The van der Waals surface area contributed by atoms with Crippen molar-refractivity contribution >= 4 is 27.5 Å². The molecular weight excluding hydrogens is 482 g/mol. The fourth-order valence-corrected chi connectivity index (χ4v) is 6.45. The highest BCUT2D eigenvalue weighted by atomic mass is 32.2. The first-order valence-electron chi connectivity index (χ1n) is 12.4. The quantitative estimate of drug-likeness (QED) is 0.586. The lowest BCUT2D eigenvalue weighted by Gasteiger charge is -2.35.